The van der Waals surface area contributed by atoms with Crippen LogP contribution in [0.5, 0.6) is 0 Å². The van der Waals surface area contributed by atoms with Gasteiger partial charge in [0.25, 0.3) is 7.28 Å². The third-order valence-corrected chi connectivity index (χ3v) is 3.32. The molecule has 0 fully saturated rings. The van der Waals surface area contributed by atoms with E-state index in [1.54, 1.807) is 0 Å². The Balaban J connectivity index is 3.40. The third-order valence-electron chi connectivity index (χ3n) is 1.81. The molecule has 5 heteroatoms. The maximum absolute atomic E-state index is 11.2. The maximum atomic E-state index is 11.2. The lowest BCUT2D eigenvalue weighted by Crippen LogP contribution is -2.19. The molecule has 2 nitrogen and oxygen atoms in total. The first kappa shape index (κ1) is 14.3. The van der Waals surface area contributed by atoms with Gasteiger partial charge in [0.15, 0.2) is 0 Å². The molecule has 0 aromatic carbocycles. The molecule has 2 unspecified atom stereocenters. The van der Waals surface area contributed by atoms with Gasteiger partial charge in [0.05, 0.1) is 11.4 Å². The predicted molar refractivity (Wildman–Crippen MR) is 67.4 cm³/mol. The van der Waals surface area contributed by atoms with Gasteiger partial charge in [-0.3, -0.25) is 0 Å². The first-order valence-electron chi connectivity index (χ1n) is 5.04. The van der Waals surface area contributed by atoms with Gasteiger partial charge in [0.2, 0.25) is 0 Å². The van der Waals surface area contributed by atoms with Crippen LogP contribution in [0.25, 0.3) is 0 Å². The van der Waals surface area contributed by atoms with E-state index in [4.69, 9.17) is 0 Å². The number of hydrogen-bond donors (Lipinski definition) is 0. The molecule has 0 amide bonds. The van der Waals surface area contributed by atoms with Gasteiger partial charge in [-0.15, -0.1) is 17.2 Å². The van der Waals surface area contributed by atoms with Crippen LogP contribution < -0.4 is 0 Å². The molecular weight excluding hydrogens is 213 g/mol. The average Bonchev–Trinajstić information content (AvgIpc) is 2.13. The van der Waals surface area contributed by atoms with Gasteiger partial charge in [-0.05, 0) is 31.8 Å². The number of unbranched alkanes of at least 4 members (excludes halogenated alkanes) is 1. The summed E-state index contributed by atoms with van der Waals surface area (Å²) in [6, 6.07) is 0. The topological polar surface area (TPSA) is 34.1 Å². The fourth-order valence-corrected chi connectivity index (χ4v) is 2.16. The van der Waals surface area contributed by atoms with Crippen LogP contribution in [0.15, 0.2) is 0 Å². The van der Waals surface area contributed by atoms with Crippen LogP contribution in [0.4, 0.5) is 0 Å². The van der Waals surface area contributed by atoms with Crippen LogP contribution in [0.2, 0.25) is 0 Å². The Morgan fingerprint density at radius 2 is 1.86 bits per heavy atom. The standard InChI is InChI=1S/C9H18BO2P2/c1-2-5-8(11)10-9(12)6-3-4-7-14-13/h14H,2-7,13H2,1H3. The highest BCUT2D eigenvalue weighted by atomic mass is 32.0. The highest BCUT2D eigenvalue weighted by Gasteiger charge is 2.10. The van der Waals surface area contributed by atoms with Gasteiger partial charge < -0.3 is 9.59 Å². The lowest BCUT2D eigenvalue weighted by Gasteiger charge is -1.98. The van der Waals surface area contributed by atoms with Crippen molar-refractivity contribution in [3.8, 4) is 0 Å². The molecule has 2 atom stereocenters. The Bertz CT molecular complexity index is 186. The Morgan fingerprint density at radius 1 is 1.21 bits per heavy atom. The van der Waals surface area contributed by atoms with E-state index in [1.807, 2.05) is 6.92 Å². The summed E-state index contributed by atoms with van der Waals surface area (Å²) in [5, 5.41) is 0. The van der Waals surface area contributed by atoms with Gasteiger partial charge in [0, 0.05) is 0 Å². The van der Waals surface area contributed by atoms with Crippen LogP contribution in [0, 0.1) is 0 Å². The number of carbonyl (C=O) groups is 2. The zero-order valence-corrected chi connectivity index (χ0v) is 10.9. The highest BCUT2D eigenvalue weighted by Crippen LogP contribution is 2.21. The minimum Gasteiger partial charge on any atom is -0.311 e. The van der Waals surface area contributed by atoms with E-state index in [0.717, 1.165) is 27.5 Å². The summed E-state index contributed by atoms with van der Waals surface area (Å²) < 4.78 is 0. The minimum atomic E-state index is -0.0228. The summed E-state index contributed by atoms with van der Waals surface area (Å²) in [4.78, 5) is 22.3. The second-order valence-electron chi connectivity index (χ2n) is 3.24. The molecule has 0 saturated heterocycles. The number of carbonyl (C=O) groups excluding carboxylic acids is 2. The van der Waals surface area contributed by atoms with Crippen molar-refractivity contribution in [1.82, 2.24) is 0 Å². The summed E-state index contributed by atoms with van der Waals surface area (Å²) in [7, 11) is 4.85. The molecular formula is C9H18BO2P2. The molecule has 0 aliphatic carbocycles. The molecule has 0 bridgehead atoms. The zero-order chi connectivity index (χ0) is 10.8. The van der Waals surface area contributed by atoms with Crippen LogP contribution in [0.3, 0.4) is 0 Å². The van der Waals surface area contributed by atoms with Gasteiger partial charge in [-0.1, -0.05) is 13.3 Å². The van der Waals surface area contributed by atoms with Gasteiger partial charge in [-0.2, -0.15) is 0 Å². The molecule has 0 aromatic rings. The van der Waals surface area contributed by atoms with Crippen molar-refractivity contribution >= 4 is 35.8 Å². The first-order chi connectivity index (χ1) is 6.70. The largest absolute Gasteiger partial charge is 0.311 e. The van der Waals surface area contributed by atoms with Crippen molar-refractivity contribution in [1.29, 1.82) is 0 Å². The van der Waals surface area contributed by atoms with E-state index in [9.17, 15) is 9.59 Å². The van der Waals surface area contributed by atoms with Crippen molar-refractivity contribution in [2.45, 2.75) is 39.0 Å². The van der Waals surface area contributed by atoms with Crippen LogP contribution in [0.1, 0.15) is 39.0 Å². The predicted octanol–water partition coefficient (Wildman–Crippen LogP) is 2.18. The molecule has 0 spiro atoms. The highest BCUT2D eigenvalue weighted by molar-refractivity contribution is 8.02. The minimum absolute atomic E-state index is 0.00413. The second-order valence-corrected chi connectivity index (χ2v) is 5.37. The summed E-state index contributed by atoms with van der Waals surface area (Å²) in [6.07, 6.45) is 5.01. The molecule has 0 rings (SSSR count). The lowest BCUT2D eigenvalue weighted by atomic mass is 9.66. The Hall–Kier alpha value is 0.265. The molecule has 0 aromatic heterocycles. The van der Waals surface area contributed by atoms with Crippen LogP contribution in [-0.4, -0.2) is 24.8 Å². The lowest BCUT2D eigenvalue weighted by molar-refractivity contribution is -0.115. The molecule has 14 heavy (non-hydrogen) atoms. The van der Waals surface area contributed by atoms with Crippen molar-refractivity contribution in [3.05, 3.63) is 0 Å². The van der Waals surface area contributed by atoms with E-state index in [1.165, 1.54) is 13.4 Å². The first-order valence-corrected chi connectivity index (χ1v) is 8.06. The van der Waals surface area contributed by atoms with Crippen molar-refractivity contribution in [2.24, 2.45) is 0 Å². The summed E-state index contributed by atoms with van der Waals surface area (Å²) in [5.74, 6) is 0. The normalized spacial score (nSPS) is 10.7. The quantitative estimate of drug-likeness (QED) is 0.346. The van der Waals surface area contributed by atoms with Gasteiger partial charge in [0.1, 0.15) is 0 Å². The van der Waals surface area contributed by atoms with Crippen molar-refractivity contribution in [2.75, 3.05) is 6.16 Å². The van der Waals surface area contributed by atoms with Gasteiger partial charge in [-0.25, -0.2) is 0 Å². The maximum Gasteiger partial charge on any atom is 0.290 e. The molecule has 79 valence electrons. The Morgan fingerprint density at radius 3 is 2.43 bits per heavy atom. The average molecular weight is 231 g/mol. The molecule has 0 aliphatic rings. The smallest absolute Gasteiger partial charge is 0.290 e. The fraction of sp³-hybridized carbons (Fsp3) is 0.778. The molecule has 0 aliphatic heterocycles. The molecule has 1 radical (unpaired) electrons. The second kappa shape index (κ2) is 9.81. The molecule has 0 heterocycles. The Kier molecular flexibility index (Phi) is 9.99. The summed E-state index contributed by atoms with van der Waals surface area (Å²) in [5.41, 5.74) is -0.0269. The van der Waals surface area contributed by atoms with E-state index < -0.39 is 0 Å². The third kappa shape index (κ3) is 8.85. The number of rotatable bonds is 9. The van der Waals surface area contributed by atoms with Gasteiger partial charge >= 0.3 is 0 Å². The van der Waals surface area contributed by atoms with Crippen LogP contribution in [-0.2, 0) is 9.59 Å². The van der Waals surface area contributed by atoms with E-state index in [2.05, 4.69) is 8.93 Å². The van der Waals surface area contributed by atoms with E-state index in [0.29, 0.717) is 12.8 Å². The molecule has 0 saturated carbocycles. The molecule has 0 N–H and O–H groups in total. The summed E-state index contributed by atoms with van der Waals surface area (Å²) >= 11 is 0. The van der Waals surface area contributed by atoms with E-state index >= 15 is 0 Å². The number of hydrogen-bond acceptors (Lipinski definition) is 2. The monoisotopic (exact) mass is 231 g/mol. The van der Waals surface area contributed by atoms with E-state index in [-0.39, 0.29) is 11.4 Å². The SMILES string of the molecule is CCCC(=O)[B]C(=O)CCCCPP. The Labute approximate surface area is 91.1 Å². The summed E-state index contributed by atoms with van der Waals surface area (Å²) in [6.45, 7) is 1.94. The van der Waals surface area contributed by atoms with Crippen molar-refractivity contribution in [3.63, 3.8) is 0 Å². The van der Waals surface area contributed by atoms with Crippen molar-refractivity contribution < 1.29 is 9.59 Å². The fourth-order valence-electron chi connectivity index (χ4n) is 1.10. The zero-order valence-electron chi connectivity index (χ0n) is 8.71. The van der Waals surface area contributed by atoms with Crippen LogP contribution >= 0.6 is 17.2 Å².